The largest absolute Gasteiger partial charge is 0.240 e. The Kier molecular flexibility index (Phi) is 1.81. The topological polar surface area (TPSA) is 12.9 Å². The van der Waals surface area contributed by atoms with Gasteiger partial charge in [-0.2, -0.15) is 0 Å². The van der Waals surface area contributed by atoms with E-state index in [1.165, 1.54) is 23.5 Å². The van der Waals surface area contributed by atoms with Crippen molar-refractivity contribution in [3.63, 3.8) is 0 Å². The Bertz CT molecular complexity index is 436. The van der Waals surface area contributed by atoms with Gasteiger partial charge in [-0.3, -0.25) is 0 Å². The van der Waals surface area contributed by atoms with Crippen LogP contribution in [0.5, 0.6) is 0 Å². The zero-order valence-electron chi connectivity index (χ0n) is 6.34. The molecule has 1 heterocycles. The third kappa shape index (κ3) is 1.21. The molecule has 0 N–H and O–H groups in total. The second-order valence-corrected chi connectivity index (χ2v) is 4.22. The molecule has 2 rings (SSSR count). The summed E-state index contributed by atoms with van der Waals surface area (Å²) in [6.45, 7) is 1.90. The number of aryl methyl sites for hydroxylation is 1. The Morgan fingerprint density at radius 1 is 1.50 bits per heavy atom. The first-order valence-corrected chi connectivity index (χ1v) is 4.69. The van der Waals surface area contributed by atoms with Crippen molar-refractivity contribution in [3.8, 4) is 0 Å². The lowest BCUT2D eigenvalue weighted by Gasteiger charge is -1.92. The zero-order chi connectivity index (χ0) is 8.72. The molecule has 12 heavy (non-hydrogen) atoms. The highest BCUT2D eigenvalue weighted by molar-refractivity contribution is 7.80. The number of benzene rings is 1. The van der Waals surface area contributed by atoms with Crippen LogP contribution in [-0.2, 0) is 0 Å². The molecule has 0 fully saturated rings. The molecule has 1 aromatic heterocycles. The molecule has 1 nitrogen and oxygen atoms in total. The van der Waals surface area contributed by atoms with Gasteiger partial charge in [0.1, 0.15) is 5.82 Å². The molecule has 0 saturated carbocycles. The molecule has 0 aliphatic carbocycles. The fourth-order valence-corrected chi connectivity index (χ4v) is 2.34. The summed E-state index contributed by atoms with van der Waals surface area (Å²) >= 11 is 5.62. The number of halogens is 1. The number of fused-ring (bicyclic) bond motifs is 1. The molecule has 0 unspecified atom stereocenters. The van der Waals surface area contributed by atoms with Gasteiger partial charge in [0.25, 0.3) is 0 Å². The van der Waals surface area contributed by atoms with Gasteiger partial charge in [-0.25, -0.2) is 9.37 Å². The highest BCUT2D eigenvalue weighted by Gasteiger charge is 2.05. The lowest BCUT2D eigenvalue weighted by atomic mass is 10.3. The molecular formula is C8H6FNS2. The van der Waals surface area contributed by atoms with Gasteiger partial charge in [0.05, 0.1) is 15.2 Å². The highest BCUT2D eigenvalue weighted by atomic mass is 32.1. The van der Waals surface area contributed by atoms with Crippen molar-refractivity contribution in [3.05, 3.63) is 23.0 Å². The first kappa shape index (κ1) is 8.01. The molecule has 62 valence electrons. The summed E-state index contributed by atoms with van der Waals surface area (Å²) in [5.74, 6) is -0.254. The van der Waals surface area contributed by atoms with Crippen molar-refractivity contribution in [1.29, 1.82) is 0 Å². The van der Waals surface area contributed by atoms with Crippen LogP contribution >= 0.6 is 24.0 Å². The predicted octanol–water partition coefficient (Wildman–Crippen LogP) is 3.03. The van der Waals surface area contributed by atoms with Crippen molar-refractivity contribution >= 4 is 34.2 Å². The molecule has 4 heteroatoms. The van der Waals surface area contributed by atoms with Crippen LogP contribution in [0.2, 0.25) is 0 Å². The van der Waals surface area contributed by atoms with Gasteiger partial charge in [-0.05, 0) is 19.1 Å². The molecule has 0 amide bonds. The summed E-state index contributed by atoms with van der Waals surface area (Å²) in [4.78, 5) is 4.84. The van der Waals surface area contributed by atoms with Crippen molar-refractivity contribution in [2.24, 2.45) is 0 Å². The zero-order valence-corrected chi connectivity index (χ0v) is 8.05. The Hall–Kier alpha value is -0.610. The second kappa shape index (κ2) is 2.71. The summed E-state index contributed by atoms with van der Waals surface area (Å²) < 4.78 is 13.7. The minimum atomic E-state index is -0.254. The van der Waals surface area contributed by atoms with Crippen LogP contribution in [-0.4, -0.2) is 4.98 Å². The third-order valence-electron chi connectivity index (χ3n) is 1.55. The number of aromatic nitrogens is 1. The normalized spacial score (nSPS) is 10.9. The lowest BCUT2D eigenvalue weighted by molar-refractivity contribution is 0.627. The smallest absolute Gasteiger partial charge is 0.125 e. The molecular weight excluding hydrogens is 193 g/mol. The van der Waals surface area contributed by atoms with E-state index in [-0.39, 0.29) is 5.82 Å². The molecule has 0 bridgehead atoms. The number of hydrogen-bond donors (Lipinski definition) is 1. The van der Waals surface area contributed by atoms with E-state index in [0.29, 0.717) is 4.90 Å². The van der Waals surface area contributed by atoms with Crippen LogP contribution in [0.15, 0.2) is 17.0 Å². The standard InChI is InChI=1S/C8H6FNS2/c1-4-10-8-6(11)2-5(9)3-7(8)12-4/h2-3,11H,1H3. The minimum absolute atomic E-state index is 0.254. The summed E-state index contributed by atoms with van der Waals surface area (Å²) in [6, 6.07) is 2.87. The average molecular weight is 199 g/mol. The summed E-state index contributed by atoms with van der Waals surface area (Å²) in [5, 5.41) is 0.936. The number of thiazole rings is 1. The molecule has 0 aliphatic rings. The maximum atomic E-state index is 12.8. The van der Waals surface area contributed by atoms with Crippen LogP contribution in [0.25, 0.3) is 10.2 Å². The SMILES string of the molecule is Cc1nc2c(S)cc(F)cc2s1. The van der Waals surface area contributed by atoms with Gasteiger partial charge in [-0.1, -0.05) is 0 Å². The van der Waals surface area contributed by atoms with Crippen molar-refractivity contribution in [2.75, 3.05) is 0 Å². The molecule has 2 aromatic rings. The van der Waals surface area contributed by atoms with E-state index in [4.69, 9.17) is 0 Å². The fourth-order valence-electron chi connectivity index (χ4n) is 1.09. The molecule has 0 saturated heterocycles. The van der Waals surface area contributed by atoms with Gasteiger partial charge in [0, 0.05) is 4.90 Å². The Morgan fingerprint density at radius 3 is 3.00 bits per heavy atom. The van der Waals surface area contributed by atoms with E-state index in [1.807, 2.05) is 6.92 Å². The summed E-state index contributed by atoms with van der Waals surface area (Å²) in [6.07, 6.45) is 0. The highest BCUT2D eigenvalue weighted by Crippen LogP contribution is 2.27. The van der Waals surface area contributed by atoms with Gasteiger partial charge >= 0.3 is 0 Å². The fraction of sp³-hybridized carbons (Fsp3) is 0.125. The predicted molar refractivity (Wildman–Crippen MR) is 51.6 cm³/mol. The molecule has 0 aliphatic heterocycles. The third-order valence-corrected chi connectivity index (χ3v) is 2.81. The molecule has 0 atom stereocenters. The number of thiol groups is 1. The van der Waals surface area contributed by atoms with Gasteiger partial charge in [0.2, 0.25) is 0 Å². The number of nitrogens with zero attached hydrogens (tertiary/aromatic N) is 1. The second-order valence-electron chi connectivity index (χ2n) is 2.50. The van der Waals surface area contributed by atoms with Crippen LogP contribution in [0.3, 0.4) is 0 Å². The number of rotatable bonds is 0. The quantitative estimate of drug-likeness (QED) is 0.643. The molecule has 0 spiro atoms. The maximum Gasteiger partial charge on any atom is 0.125 e. The average Bonchev–Trinajstić information content (AvgIpc) is 2.29. The van der Waals surface area contributed by atoms with E-state index in [0.717, 1.165) is 15.2 Å². The van der Waals surface area contributed by atoms with Crippen LogP contribution < -0.4 is 0 Å². The van der Waals surface area contributed by atoms with E-state index in [1.54, 1.807) is 0 Å². The Balaban J connectivity index is 2.88. The Labute approximate surface area is 78.7 Å². The van der Waals surface area contributed by atoms with Gasteiger partial charge in [-0.15, -0.1) is 24.0 Å². The van der Waals surface area contributed by atoms with Crippen molar-refractivity contribution in [1.82, 2.24) is 4.98 Å². The summed E-state index contributed by atoms with van der Waals surface area (Å²) in [5.41, 5.74) is 0.794. The number of hydrogen-bond acceptors (Lipinski definition) is 3. The van der Waals surface area contributed by atoms with E-state index < -0.39 is 0 Å². The van der Waals surface area contributed by atoms with Gasteiger partial charge in [0.15, 0.2) is 0 Å². The van der Waals surface area contributed by atoms with E-state index in [2.05, 4.69) is 17.6 Å². The summed E-state index contributed by atoms with van der Waals surface area (Å²) in [7, 11) is 0. The van der Waals surface area contributed by atoms with Crippen LogP contribution in [0.4, 0.5) is 4.39 Å². The van der Waals surface area contributed by atoms with E-state index in [9.17, 15) is 4.39 Å². The lowest BCUT2D eigenvalue weighted by Crippen LogP contribution is -1.76. The van der Waals surface area contributed by atoms with Crippen LogP contribution in [0, 0.1) is 12.7 Å². The monoisotopic (exact) mass is 199 g/mol. The maximum absolute atomic E-state index is 12.8. The Morgan fingerprint density at radius 2 is 2.25 bits per heavy atom. The minimum Gasteiger partial charge on any atom is -0.240 e. The van der Waals surface area contributed by atoms with E-state index >= 15 is 0 Å². The van der Waals surface area contributed by atoms with Crippen molar-refractivity contribution in [2.45, 2.75) is 11.8 Å². The first-order valence-electron chi connectivity index (χ1n) is 3.42. The van der Waals surface area contributed by atoms with Crippen LogP contribution in [0.1, 0.15) is 5.01 Å². The van der Waals surface area contributed by atoms with Crippen molar-refractivity contribution < 1.29 is 4.39 Å². The first-order chi connectivity index (χ1) is 5.66. The van der Waals surface area contributed by atoms with Gasteiger partial charge < -0.3 is 0 Å². The molecule has 1 aromatic carbocycles. The molecule has 0 radical (unpaired) electrons.